The van der Waals surface area contributed by atoms with E-state index in [1.165, 1.54) is 144 Å². The van der Waals surface area contributed by atoms with Crippen molar-refractivity contribution in [1.82, 2.24) is 9.13 Å². The van der Waals surface area contributed by atoms with E-state index in [0.29, 0.717) is 0 Å². The fraction of sp³-hybridized carbons (Fsp3) is 0. The van der Waals surface area contributed by atoms with Crippen LogP contribution in [0.2, 0.25) is 0 Å². The highest BCUT2D eigenvalue weighted by Gasteiger charge is 2.18. The maximum absolute atomic E-state index is 2.42. The summed E-state index contributed by atoms with van der Waals surface area (Å²) in [6, 6.07) is 124. The third-order valence-corrected chi connectivity index (χ3v) is 17.4. The van der Waals surface area contributed by atoms with Crippen molar-refractivity contribution < 1.29 is 0 Å². The number of hydrogen-bond donors (Lipinski definition) is 0. The van der Waals surface area contributed by atoms with Crippen LogP contribution in [-0.4, -0.2) is 9.13 Å². The second-order valence-corrected chi connectivity index (χ2v) is 22.5. The third-order valence-electron chi connectivity index (χ3n) is 17.4. The van der Waals surface area contributed by atoms with Gasteiger partial charge in [0.1, 0.15) is 0 Å². The monoisotopic (exact) mass is 1090 g/mol. The van der Waals surface area contributed by atoms with Crippen LogP contribution in [0.25, 0.3) is 155 Å². The van der Waals surface area contributed by atoms with Gasteiger partial charge in [0, 0.05) is 32.9 Å². The Labute approximate surface area is 501 Å². The van der Waals surface area contributed by atoms with Crippen molar-refractivity contribution in [1.29, 1.82) is 0 Å². The van der Waals surface area contributed by atoms with Gasteiger partial charge in [0.15, 0.2) is 0 Å². The highest BCUT2D eigenvalue weighted by molar-refractivity contribution is 6.13. The van der Waals surface area contributed by atoms with Crippen LogP contribution in [0.15, 0.2) is 340 Å². The summed E-state index contributed by atoms with van der Waals surface area (Å²) < 4.78 is 4.82. The smallest absolute Gasteiger partial charge is 0.0541 e. The second kappa shape index (κ2) is 21.5. The average molecular weight is 1090 g/mol. The predicted octanol–water partition coefficient (Wildman–Crippen LogP) is 22.9. The van der Waals surface area contributed by atoms with Crippen molar-refractivity contribution >= 4 is 43.6 Å². The number of para-hydroxylation sites is 2. The van der Waals surface area contributed by atoms with Crippen LogP contribution in [0.5, 0.6) is 0 Å². The number of hydrogen-bond acceptors (Lipinski definition) is 0. The molecule has 0 fully saturated rings. The van der Waals surface area contributed by atoms with Crippen molar-refractivity contribution in [2.24, 2.45) is 0 Å². The van der Waals surface area contributed by atoms with Crippen molar-refractivity contribution in [2.45, 2.75) is 0 Å². The molecule has 0 saturated carbocycles. The second-order valence-electron chi connectivity index (χ2n) is 22.5. The van der Waals surface area contributed by atoms with Crippen molar-refractivity contribution in [2.75, 3.05) is 0 Å². The molecule has 2 heterocycles. The quantitative estimate of drug-likeness (QED) is 0.122. The molecule has 0 saturated heterocycles. The van der Waals surface area contributed by atoms with Gasteiger partial charge in [0.25, 0.3) is 0 Å². The summed E-state index contributed by atoms with van der Waals surface area (Å²) in [5.74, 6) is 0. The topological polar surface area (TPSA) is 9.86 Å². The number of rotatable bonds is 11. The van der Waals surface area contributed by atoms with E-state index in [9.17, 15) is 0 Å². The zero-order valence-corrected chi connectivity index (χ0v) is 47.2. The normalized spacial score (nSPS) is 11.5. The molecule has 0 spiro atoms. The molecule has 0 bridgehead atoms. The van der Waals surface area contributed by atoms with Gasteiger partial charge in [-0.2, -0.15) is 0 Å². The molecule has 14 aromatic carbocycles. The van der Waals surface area contributed by atoms with Gasteiger partial charge in [0.05, 0.1) is 22.1 Å². The minimum Gasteiger partial charge on any atom is -0.309 e. The first-order valence-electron chi connectivity index (χ1n) is 29.6. The van der Waals surface area contributed by atoms with E-state index in [-0.39, 0.29) is 0 Å². The molecule has 0 amide bonds. The lowest BCUT2D eigenvalue weighted by molar-refractivity contribution is 1.18. The van der Waals surface area contributed by atoms with E-state index in [4.69, 9.17) is 0 Å². The Hall–Kier alpha value is -11.3. The molecule has 0 aliphatic carbocycles. The van der Waals surface area contributed by atoms with Gasteiger partial charge in [0.2, 0.25) is 0 Å². The fourth-order valence-corrected chi connectivity index (χ4v) is 13.0. The minimum atomic E-state index is 1.14. The van der Waals surface area contributed by atoms with E-state index >= 15 is 0 Å². The lowest BCUT2D eigenvalue weighted by Crippen LogP contribution is -1.94. The van der Waals surface area contributed by atoms with E-state index in [2.05, 4.69) is 349 Å². The molecular formula is C84H56N2. The molecule has 0 aliphatic rings. The number of nitrogens with zero attached hydrogens (tertiary/aromatic N) is 2. The summed E-state index contributed by atoms with van der Waals surface area (Å²) in [5, 5.41) is 4.96. The van der Waals surface area contributed by atoms with Crippen LogP contribution in [-0.2, 0) is 0 Å². The van der Waals surface area contributed by atoms with Crippen LogP contribution < -0.4 is 0 Å². The van der Waals surface area contributed by atoms with E-state index in [1.54, 1.807) is 0 Å². The SMILES string of the molecule is c1ccc(-c2ccc(-n3c4ccccc4c4cc(-c5ccc6c(c5)c5ccccc5n6-c5cccc(-c6ccc(-c7ccc(-c8cccc(-c9cccc(-c%10ccc(-c%11cccc(-c%12ccccc%12)c%11)cc%10)c9)c8)cc7)cc6)c5)ccc43)cc2)cc1. The van der Waals surface area contributed by atoms with Gasteiger partial charge >= 0.3 is 0 Å². The zero-order chi connectivity index (χ0) is 56.9. The summed E-state index contributed by atoms with van der Waals surface area (Å²) in [4.78, 5) is 0. The standard InChI is InChI=1S/C84H56N2/c1-3-15-57(16-4-1)61-43-47-75(48-44-61)85-81-29-9-7-27-77(81)79-55-73(45-49-83(79)85)74-46-50-84-80(56-74)78-28-8-10-30-82(78)86(84)76-26-14-25-72(54-76)65-37-33-60(34-38-65)59-31-35-62(36-32-59)68-21-12-23-70(52-68)71-24-13-22-69(53-71)64-41-39-63(40-42-64)67-20-11-19-66(51-67)58-17-5-2-6-18-58/h1-56H. The van der Waals surface area contributed by atoms with E-state index in [1.807, 2.05) is 0 Å². The molecular weight excluding hydrogens is 1040 g/mol. The Morgan fingerprint density at radius 3 is 0.779 bits per heavy atom. The number of fused-ring (bicyclic) bond motifs is 6. The van der Waals surface area contributed by atoms with Crippen LogP contribution in [0, 0.1) is 0 Å². The maximum atomic E-state index is 2.42. The lowest BCUT2D eigenvalue weighted by atomic mass is 9.94. The number of aromatic nitrogens is 2. The Kier molecular flexibility index (Phi) is 12.6. The summed E-state index contributed by atoms with van der Waals surface area (Å²) >= 11 is 0. The third kappa shape index (κ3) is 9.27. The predicted molar refractivity (Wildman–Crippen MR) is 364 cm³/mol. The minimum absolute atomic E-state index is 1.14. The summed E-state index contributed by atoms with van der Waals surface area (Å²) in [5.41, 5.74) is 28.7. The van der Waals surface area contributed by atoms with Gasteiger partial charge in [-0.15, -0.1) is 0 Å². The highest BCUT2D eigenvalue weighted by Crippen LogP contribution is 2.40. The molecule has 0 N–H and O–H groups in total. The fourth-order valence-electron chi connectivity index (χ4n) is 13.0. The van der Waals surface area contributed by atoms with Gasteiger partial charge in [-0.05, 0) is 179 Å². The molecule has 0 radical (unpaired) electrons. The maximum Gasteiger partial charge on any atom is 0.0541 e. The van der Waals surface area contributed by atoms with Crippen molar-refractivity contribution in [3.05, 3.63) is 340 Å². The molecule has 402 valence electrons. The average Bonchev–Trinajstić information content (AvgIpc) is 1.93. The van der Waals surface area contributed by atoms with Gasteiger partial charge in [-0.3, -0.25) is 0 Å². The lowest BCUT2D eigenvalue weighted by Gasteiger charge is -2.12. The highest BCUT2D eigenvalue weighted by atomic mass is 15.0. The zero-order valence-electron chi connectivity index (χ0n) is 47.2. The molecule has 0 aliphatic heterocycles. The Morgan fingerprint density at radius 2 is 0.372 bits per heavy atom. The van der Waals surface area contributed by atoms with Gasteiger partial charge < -0.3 is 9.13 Å². The van der Waals surface area contributed by atoms with Crippen molar-refractivity contribution in [3.8, 4) is 112 Å². The van der Waals surface area contributed by atoms with Crippen LogP contribution in [0.4, 0.5) is 0 Å². The van der Waals surface area contributed by atoms with Gasteiger partial charge in [-0.1, -0.05) is 261 Å². The van der Waals surface area contributed by atoms with Crippen LogP contribution in [0.3, 0.4) is 0 Å². The molecule has 0 unspecified atom stereocenters. The summed E-state index contributed by atoms with van der Waals surface area (Å²) in [6.45, 7) is 0. The van der Waals surface area contributed by atoms with E-state index in [0.717, 1.165) is 11.4 Å². The largest absolute Gasteiger partial charge is 0.309 e. The van der Waals surface area contributed by atoms with Crippen LogP contribution in [0.1, 0.15) is 0 Å². The first kappa shape index (κ1) is 50.4. The molecule has 0 atom stereocenters. The summed E-state index contributed by atoms with van der Waals surface area (Å²) in [6.07, 6.45) is 0. The summed E-state index contributed by atoms with van der Waals surface area (Å²) in [7, 11) is 0. The van der Waals surface area contributed by atoms with Gasteiger partial charge in [-0.25, -0.2) is 0 Å². The molecule has 16 rings (SSSR count). The Balaban J connectivity index is 0.636. The van der Waals surface area contributed by atoms with Crippen LogP contribution >= 0.6 is 0 Å². The first-order chi connectivity index (χ1) is 42.6. The number of benzene rings is 14. The van der Waals surface area contributed by atoms with Crippen molar-refractivity contribution in [3.63, 3.8) is 0 Å². The Morgan fingerprint density at radius 1 is 0.128 bits per heavy atom. The molecule has 86 heavy (non-hydrogen) atoms. The first-order valence-corrected chi connectivity index (χ1v) is 29.6. The van der Waals surface area contributed by atoms with E-state index < -0.39 is 0 Å². The molecule has 2 aromatic heterocycles. The molecule has 2 heteroatoms. The molecule has 2 nitrogen and oxygen atoms in total. The molecule has 16 aromatic rings. The Bertz CT molecular complexity index is 5160.